The number of nitrogens with one attached hydrogen (secondary N) is 3. The molecule has 1 aliphatic rings. The van der Waals surface area contributed by atoms with Gasteiger partial charge in [-0.3, -0.25) is 14.5 Å². The van der Waals surface area contributed by atoms with Crippen molar-refractivity contribution in [2.75, 3.05) is 0 Å². The fourth-order valence-corrected chi connectivity index (χ4v) is 4.09. The molecular formula is C15H18ClN5O3S2. The maximum atomic E-state index is 12.3. The highest BCUT2D eigenvalue weighted by Crippen LogP contribution is 2.35. The molecule has 0 radical (unpaired) electrons. The monoisotopic (exact) mass is 415 g/mol. The molecule has 3 rings (SSSR count). The second-order valence-electron chi connectivity index (χ2n) is 6.06. The summed E-state index contributed by atoms with van der Waals surface area (Å²) in [4.78, 5) is 12.3. The Bertz CT molecular complexity index is 964. The Hall–Kier alpha value is -1.75. The minimum Gasteiger partial charge on any atom is -0.347 e. The van der Waals surface area contributed by atoms with Gasteiger partial charge in [0.15, 0.2) is 10.6 Å². The summed E-state index contributed by atoms with van der Waals surface area (Å²) in [5.74, 6) is 0.164. The first-order valence-electron chi connectivity index (χ1n) is 7.99. The smallest absolute Gasteiger partial charge is 0.241 e. The summed E-state index contributed by atoms with van der Waals surface area (Å²) in [6, 6.07) is 5.08. The number of H-pyrrole nitrogens is 1. The minimum atomic E-state index is -3.82. The number of rotatable bonds is 7. The molecule has 0 unspecified atom stereocenters. The number of halogens is 1. The van der Waals surface area contributed by atoms with Gasteiger partial charge >= 0.3 is 0 Å². The van der Waals surface area contributed by atoms with Gasteiger partial charge in [0.1, 0.15) is 0 Å². The van der Waals surface area contributed by atoms with Crippen LogP contribution in [0.2, 0.25) is 5.02 Å². The number of sulfonamides is 1. The van der Waals surface area contributed by atoms with Crippen LogP contribution >= 0.6 is 23.8 Å². The van der Waals surface area contributed by atoms with E-state index in [0.717, 1.165) is 12.8 Å². The molecule has 140 valence electrons. The maximum Gasteiger partial charge on any atom is 0.241 e. The van der Waals surface area contributed by atoms with Crippen molar-refractivity contribution in [2.45, 2.75) is 43.3 Å². The first-order valence-corrected chi connectivity index (χ1v) is 10.3. The average Bonchev–Trinajstić information content (AvgIpc) is 3.35. The van der Waals surface area contributed by atoms with Crippen LogP contribution in [-0.4, -0.2) is 35.1 Å². The van der Waals surface area contributed by atoms with Crippen molar-refractivity contribution >= 4 is 39.7 Å². The van der Waals surface area contributed by atoms with Crippen LogP contribution in [0.4, 0.5) is 0 Å². The van der Waals surface area contributed by atoms with E-state index >= 15 is 0 Å². The Morgan fingerprint density at radius 3 is 2.69 bits per heavy atom. The van der Waals surface area contributed by atoms with E-state index in [2.05, 4.69) is 20.2 Å². The van der Waals surface area contributed by atoms with E-state index in [-0.39, 0.29) is 11.4 Å². The van der Waals surface area contributed by atoms with Crippen molar-refractivity contribution in [2.24, 2.45) is 0 Å². The molecule has 2 aromatic rings. The molecule has 1 fully saturated rings. The Balaban J connectivity index is 1.61. The van der Waals surface area contributed by atoms with E-state index in [9.17, 15) is 13.2 Å². The van der Waals surface area contributed by atoms with Crippen molar-refractivity contribution in [3.63, 3.8) is 0 Å². The molecule has 1 saturated carbocycles. The summed E-state index contributed by atoms with van der Waals surface area (Å²) < 4.78 is 29.4. The van der Waals surface area contributed by atoms with Crippen LogP contribution in [0.25, 0.3) is 0 Å². The second-order valence-corrected chi connectivity index (χ2v) is 8.60. The third-order valence-corrected chi connectivity index (χ3v) is 6.06. The van der Waals surface area contributed by atoms with Gasteiger partial charge in [0, 0.05) is 11.1 Å². The molecule has 0 aliphatic heterocycles. The van der Waals surface area contributed by atoms with Crippen molar-refractivity contribution < 1.29 is 13.2 Å². The SMILES string of the molecule is C[C@H](NS(=O)(=O)c1ccc(Cl)cc1)C(=O)NCc1n[nH]c(=S)n1C1CC1. The first-order chi connectivity index (χ1) is 12.3. The largest absolute Gasteiger partial charge is 0.347 e. The number of carbonyl (C=O) groups excluding carboxylic acids is 1. The van der Waals surface area contributed by atoms with Crippen molar-refractivity contribution in [3.05, 3.63) is 39.9 Å². The van der Waals surface area contributed by atoms with Crippen LogP contribution in [0, 0.1) is 4.77 Å². The molecule has 1 amide bonds. The predicted octanol–water partition coefficient (Wildman–Crippen LogP) is 1.91. The van der Waals surface area contributed by atoms with E-state index in [0.29, 0.717) is 21.7 Å². The Morgan fingerprint density at radius 2 is 2.08 bits per heavy atom. The van der Waals surface area contributed by atoms with Crippen molar-refractivity contribution in [3.8, 4) is 0 Å². The summed E-state index contributed by atoms with van der Waals surface area (Å²) in [5.41, 5.74) is 0. The molecule has 3 N–H and O–H groups in total. The zero-order valence-electron chi connectivity index (χ0n) is 13.9. The zero-order valence-corrected chi connectivity index (χ0v) is 16.3. The maximum absolute atomic E-state index is 12.3. The third kappa shape index (κ3) is 4.32. The summed E-state index contributed by atoms with van der Waals surface area (Å²) in [6.45, 7) is 1.64. The highest BCUT2D eigenvalue weighted by Gasteiger charge is 2.28. The summed E-state index contributed by atoms with van der Waals surface area (Å²) in [6.07, 6.45) is 2.07. The van der Waals surface area contributed by atoms with E-state index in [1.54, 1.807) is 0 Å². The molecule has 0 spiro atoms. The number of hydrogen-bond acceptors (Lipinski definition) is 5. The van der Waals surface area contributed by atoms with E-state index in [1.807, 2.05) is 4.57 Å². The molecule has 1 aromatic heterocycles. The zero-order chi connectivity index (χ0) is 18.9. The lowest BCUT2D eigenvalue weighted by Gasteiger charge is -2.14. The lowest BCUT2D eigenvalue weighted by Crippen LogP contribution is -2.44. The highest BCUT2D eigenvalue weighted by atomic mass is 35.5. The van der Waals surface area contributed by atoms with Crippen LogP contribution in [0.1, 0.15) is 31.6 Å². The van der Waals surface area contributed by atoms with Gasteiger partial charge in [-0.1, -0.05) is 11.6 Å². The van der Waals surface area contributed by atoms with Gasteiger partial charge in [0.25, 0.3) is 0 Å². The van der Waals surface area contributed by atoms with Gasteiger partial charge in [-0.2, -0.15) is 9.82 Å². The average molecular weight is 416 g/mol. The number of amides is 1. The Labute approximate surface area is 161 Å². The summed E-state index contributed by atoms with van der Waals surface area (Å²) in [5, 5.41) is 9.95. The molecule has 0 bridgehead atoms. The molecule has 1 aliphatic carbocycles. The van der Waals surface area contributed by atoms with Crippen LogP contribution in [0.3, 0.4) is 0 Å². The number of benzene rings is 1. The normalized spacial score (nSPS) is 15.6. The Kier molecular flexibility index (Phi) is 5.47. The van der Waals surface area contributed by atoms with Gasteiger partial charge in [-0.15, -0.1) is 0 Å². The van der Waals surface area contributed by atoms with Gasteiger partial charge < -0.3 is 5.32 Å². The second kappa shape index (κ2) is 7.47. The van der Waals surface area contributed by atoms with Crippen molar-refractivity contribution in [1.29, 1.82) is 0 Å². The van der Waals surface area contributed by atoms with Crippen LogP contribution in [-0.2, 0) is 21.4 Å². The lowest BCUT2D eigenvalue weighted by atomic mass is 10.3. The molecule has 0 saturated heterocycles. The van der Waals surface area contributed by atoms with Gasteiger partial charge in [0.2, 0.25) is 15.9 Å². The number of aromatic amines is 1. The topological polar surface area (TPSA) is 109 Å². The number of nitrogens with zero attached hydrogens (tertiary/aromatic N) is 2. The predicted molar refractivity (Wildman–Crippen MR) is 98.8 cm³/mol. The molecule has 1 aromatic carbocycles. The fraction of sp³-hybridized carbons (Fsp3) is 0.400. The van der Waals surface area contributed by atoms with Crippen LogP contribution < -0.4 is 10.0 Å². The molecular weight excluding hydrogens is 398 g/mol. The van der Waals surface area contributed by atoms with Gasteiger partial charge in [-0.25, -0.2) is 8.42 Å². The van der Waals surface area contributed by atoms with Gasteiger partial charge in [-0.05, 0) is 56.2 Å². The standard InChI is InChI=1S/C15H18ClN5O3S2/c1-9(20-26(23,24)12-6-2-10(16)3-7-12)14(22)17-8-13-18-19-15(25)21(13)11-4-5-11/h2-3,6-7,9,11,20H,4-5,8H2,1H3,(H,17,22)(H,19,25)/t9-/m0/s1. The van der Waals surface area contributed by atoms with Crippen molar-refractivity contribution in [1.82, 2.24) is 24.8 Å². The number of aromatic nitrogens is 3. The van der Waals surface area contributed by atoms with E-state index in [1.165, 1.54) is 31.2 Å². The van der Waals surface area contributed by atoms with Crippen LogP contribution in [0.15, 0.2) is 29.2 Å². The third-order valence-electron chi connectivity index (χ3n) is 3.96. The molecule has 1 atom stereocenters. The Morgan fingerprint density at radius 1 is 1.42 bits per heavy atom. The van der Waals surface area contributed by atoms with Gasteiger partial charge in [0.05, 0.1) is 17.5 Å². The molecule has 1 heterocycles. The van der Waals surface area contributed by atoms with E-state index < -0.39 is 22.0 Å². The number of hydrogen-bond donors (Lipinski definition) is 3. The number of carbonyl (C=O) groups is 1. The highest BCUT2D eigenvalue weighted by molar-refractivity contribution is 7.89. The minimum absolute atomic E-state index is 0.0381. The molecule has 8 nitrogen and oxygen atoms in total. The molecule has 26 heavy (non-hydrogen) atoms. The van der Waals surface area contributed by atoms with E-state index in [4.69, 9.17) is 23.8 Å². The summed E-state index contributed by atoms with van der Waals surface area (Å²) >= 11 is 10.9. The molecule has 11 heteroatoms. The lowest BCUT2D eigenvalue weighted by molar-refractivity contribution is -0.122. The van der Waals surface area contributed by atoms with Crippen LogP contribution in [0.5, 0.6) is 0 Å². The first kappa shape index (κ1) is 19.0. The fourth-order valence-electron chi connectivity index (χ4n) is 2.46. The summed E-state index contributed by atoms with van der Waals surface area (Å²) in [7, 11) is -3.82. The quantitative estimate of drug-likeness (QED) is 0.598.